The Bertz CT molecular complexity index is 502. The van der Waals surface area contributed by atoms with E-state index in [1.54, 1.807) is 0 Å². The topological polar surface area (TPSA) is 30.5 Å². The highest BCUT2D eigenvalue weighted by molar-refractivity contribution is 5.43. The Balaban J connectivity index is 1.57. The second kappa shape index (κ2) is 5.05. The molecule has 1 N–H and O–H groups in total. The number of hydrogen-bond acceptors (Lipinski definition) is 3. The molecule has 2 bridgehead atoms. The highest BCUT2D eigenvalue weighted by Gasteiger charge is 2.41. The van der Waals surface area contributed by atoms with E-state index in [4.69, 9.17) is 9.47 Å². The van der Waals surface area contributed by atoms with Crippen molar-refractivity contribution in [2.45, 2.75) is 63.3 Å². The van der Waals surface area contributed by atoms with Crippen LogP contribution in [0.1, 0.15) is 49.3 Å². The van der Waals surface area contributed by atoms with Crippen LogP contribution in [-0.2, 0) is 4.74 Å². The fourth-order valence-corrected chi connectivity index (χ4v) is 4.01. The third-order valence-electron chi connectivity index (χ3n) is 5.02. The van der Waals surface area contributed by atoms with E-state index >= 15 is 0 Å². The maximum atomic E-state index is 5.98. The molecule has 3 heterocycles. The van der Waals surface area contributed by atoms with Gasteiger partial charge in [-0.25, -0.2) is 0 Å². The van der Waals surface area contributed by atoms with Crippen molar-refractivity contribution in [2.75, 3.05) is 6.61 Å². The van der Waals surface area contributed by atoms with E-state index in [-0.39, 0.29) is 0 Å². The second-order valence-electron chi connectivity index (χ2n) is 6.42. The predicted molar refractivity (Wildman–Crippen MR) is 78.1 cm³/mol. The molecule has 3 nitrogen and oxygen atoms in total. The van der Waals surface area contributed by atoms with E-state index in [1.807, 2.05) is 0 Å². The zero-order chi connectivity index (χ0) is 13.5. The van der Waals surface area contributed by atoms with Gasteiger partial charge in [-0.05, 0) is 44.6 Å². The van der Waals surface area contributed by atoms with Crippen LogP contribution in [0.3, 0.4) is 0 Å². The quantitative estimate of drug-likeness (QED) is 0.898. The van der Waals surface area contributed by atoms with Gasteiger partial charge in [-0.3, -0.25) is 0 Å². The summed E-state index contributed by atoms with van der Waals surface area (Å²) in [6, 6.07) is 7.46. The van der Waals surface area contributed by atoms with Gasteiger partial charge in [0.05, 0.1) is 18.8 Å². The Kier molecular flexibility index (Phi) is 3.20. The predicted octanol–water partition coefficient (Wildman–Crippen LogP) is 3.12. The first kappa shape index (κ1) is 12.7. The molecule has 4 unspecified atom stereocenters. The molecular weight excluding hydrogens is 250 g/mol. The average Bonchev–Trinajstić information content (AvgIpc) is 3.00. The minimum absolute atomic E-state index is 0.417. The minimum atomic E-state index is 0.417. The first-order chi connectivity index (χ1) is 9.81. The third-order valence-corrected chi connectivity index (χ3v) is 5.02. The lowest BCUT2D eigenvalue weighted by Crippen LogP contribution is -2.39. The van der Waals surface area contributed by atoms with Gasteiger partial charge in [0.25, 0.3) is 0 Å². The van der Waals surface area contributed by atoms with Crippen LogP contribution < -0.4 is 10.1 Å². The van der Waals surface area contributed by atoms with Gasteiger partial charge in [0.1, 0.15) is 5.75 Å². The summed E-state index contributed by atoms with van der Waals surface area (Å²) >= 11 is 0. The van der Waals surface area contributed by atoms with E-state index in [0.717, 1.165) is 25.2 Å². The summed E-state index contributed by atoms with van der Waals surface area (Å²) in [7, 11) is 0. The Morgan fingerprint density at radius 1 is 1.20 bits per heavy atom. The molecule has 108 valence electrons. The molecule has 3 aliphatic rings. The van der Waals surface area contributed by atoms with Crippen LogP contribution in [0.15, 0.2) is 18.2 Å². The van der Waals surface area contributed by atoms with Crippen molar-refractivity contribution in [2.24, 2.45) is 0 Å². The lowest BCUT2D eigenvalue weighted by Gasteiger charge is -2.27. The van der Waals surface area contributed by atoms with Crippen LogP contribution in [0, 0.1) is 6.92 Å². The molecule has 2 saturated heterocycles. The molecule has 20 heavy (non-hydrogen) atoms. The van der Waals surface area contributed by atoms with Gasteiger partial charge >= 0.3 is 0 Å². The summed E-state index contributed by atoms with van der Waals surface area (Å²) in [5.41, 5.74) is 2.59. The molecule has 0 amide bonds. The van der Waals surface area contributed by atoms with Gasteiger partial charge in [0, 0.05) is 17.6 Å². The highest BCUT2D eigenvalue weighted by atomic mass is 16.5. The highest BCUT2D eigenvalue weighted by Crippen LogP contribution is 2.38. The molecule has 1 aromatic rings. The molecule has 0 radical (unpaired) electrons. The number of rotatable bonds is 2. The fraction of sp³-hybridized carbons (Fsp3) is 0.647. The summed E-state index contributed by atoms with van der Waals surface area (Å²) in [6.07, 6.45) is 6.90. The maximum absolute atomic E-state index is 5.98. The van der Waals surface area contributed by atoms with Gasteiger partial charge < -0.3 is 14.8 Å². The van der Waals surface area contributed by atoms with Crippen LogP contribution in [0.25, 0.3) is 0 Å². The molecule has 0 saturated carbocycles. The van der Waals surface area contributed by atoms with Gasteiger partial charge in [-0.2, -0.15) is 0 Å². The number of aryl methyl sites for hydroxylation is 1. The van der Waals surface area contributed by atoms with Crippen molar-refractivity contribution >= 4 is 0 Å². The van der Waals surface area contributed by atoms with E-state index < -0.39 is 0 Å². The number of para-hydroxylation sites is 1. The number of fused-ring (bicyclic) bond motifs is 3. The normalized spacial score (nSPS) is 35.5. The summed E-state index contributed by atoms with van der Waals surface area (Å²) < 4.78 is 11.9. The molecule has 0 aliphatic carbocycles. The SMILES string of the molecule is Cc1cccc2c1OCCCC2NC1CC2CCC1O2. The summed E-state index contributed by atoms with van der Waals surface area (Å²) in [5, 5.41) is 3.87. The monoisotopic (exact) mass is 273 g/mol. The lowest BCUT2D eigenvalue weighted by atomic mass is 9.92. The Morgan fingerprint density at radius 3 is 2.95 bits per heavy atom. The molecule has 3 aliphatic heterocycles. The van der Waals surface area contributed by atoms with Gasteiger partial charge in [-0.1, -0.05) is 18.2 Å². The third kappa shape index (κ3) is 2.13. The van der Waals surface area contributed by atoms with Crippen LogP contribution in [0.2, 0.25) is 0 Å². The zero-order valence-corrected chi connectivity index (χ0v) is 12.1. The lowest BCUT2D eigenvalue weighted by molar-refractivity contribution is 0.0958. The molecule has 2 fully saturated rings. The van der Waals surface area contributed by atoms with Gasteiger partial charge in [0.15, 0.2) is 0 Å². The minimum Gasteiger partial charge on any atom is -0.493 e. The summed E-state index contributed by atoms with van der Waals surface area (Å²) in [4.78, 5) is 0. The molecule has 3 heteroatoms. The van der Waals surface area contributed by atoms with Crippen LogP contribution >= 0.6 is 0 Å². The van der Waals surface area contributed by atoms with Crippen LogP contribution in [0.5, 0.6) is 5.75 Å². The van der Waals surface area contributed by atoms with Crippen molar-refractivity contribution < 1.29 is 9.47 Å². The molecule has 4 atom stereocenters. The van der Waals surface area contributed by atoms with E-state index in [0.29, 0.717) is 24.3 Å². The van der Waals surface area contributed by atoms with Gasteiger partial charge in [0.2, 0.25) is 0 Å². The van der Waals surface area contributed by atoms with Crippen molar-refractivity contribution in [3.63, 3.8) is 0 Å². The van der Waals surface area contributed by atoms with Crippen LogP contribution in [-0.4, -0.2) is 24.9 Å². The zero-order valence-electron chi connectivity index (χ0n) is 12.1. The maximum Gasteiger partial charge on any atom is 0.126 e. The average molecular weight is 273 g/mol. The largest absolute Gasteiger partial charge is 0.493 e. The molecule has 4 rings (SSSR count). The smallest absolute Gasteiger partial charge is 0.126 e. The fourth-order valence-electron chi connectivity index (χ4n) is 4.01. The van der Waals surface area contributed by atoms with E-state index in [9.17, 15) is 0 Å². The summed E-state index contributed by atoms with van der Waals surface area (Å²) in [5.74, 6) is 1.10. The van der Waals surface area contributed by atoms with Crippen molar-refractivity contribution in [1.82, 2.24) is 5.32 Å². The molecule has 1 aromatic carbocycles. The van der Waals surface area contributed by atoms with Gasteiger partial charge in [-0.15, -0.1) is 0 Å². The first-order valence-electron chi connectivity index (χ1n) is 7.95. The molecular formula is C17H23NO2. The van der Waals surface area contributed by atoms with Crippen molar-refractivity contribution in [1.29, 1.82) is 0 Å². The molecule has 0 aromatic heterocycles. The Morgan fingerprint density at radius 2 is 2.15 bits per heavy atom. The number of nitrogens with one attached hydrogen (secondary N) is 1. The number of benzene rings is 1. The standard InChI is InChI=1S/C17H23NO2/c1-11-4-2-5-13-14(6-3-9-19-17(11)13)18-15-10-12-7-8-16(15)20-12/h2,4-5,12,14-16,18H,3,6-10H2,1H3. The summed E-state index contributed by atoms with van der Waals surface area (Å²) in [6.45, 7) is 2.98. The number of ether oxygens (including phenoxy) is 2. The van der Waals surface area contributed by atoms with Crippen molar-refractivity contribution in [3.8, 4) is 5.75 Å². The number of hydrogen-bond donors (Lipinski definition) is 1. The second-order valence-corrected chi connectivity index (χ2v) is 6.42. The molecule has 0 spiro atoms. The van der Waals surface area contributed by atoms with E-state index in [1.165, 1.54) is 30.4 Å². The Hall–Kier alpha value is -1.06. The van der Waals surface area contributed by atoms with Crippen LogP contribution in [0.4, 0.5) is 0 Å². The van der Waals surface area contributed by atoms with E-state index in [2.05, 4.69) is 30.4 Å². The van der Waals surface area contributed by atoms with Crippen molar-refractivity contribution in [3.05, 3.63) is 29.3 Å². The first-order valence-corrected chi connectivity index (χ1v) is 7.95. The Labute approximate surface area is 120 Å².